The number of carbonyl (C=O) groups is 1. The Balaban J connectivity index is 2.69. The third kappa shape index (κ3) is 5.21. The molecule has 1 aromatic carbocycles. The van der Waals surface area contributed by atoms with Gasteiger partial charge in [-0.25, -0.2) is 0 Å². The molecule has 0 unspecified atom stereocenters. The summed E-state index contributed by atoms with van der Waals surface area (Å²) in [4.78, 5) is 11.2. The van der Waals surface area contributed by atoms with E-state index in [1.165, 1.54) is 12.1 Å². The van der Waals surface area contributed by atoms with Crippen LogP contribution in [-0.4, -0.2) is 25.9 Å². The summed E-state index contributed by atoms with van der Waals surface area (Å²) >= 11 is 0. The molecule has 7 heteroatoms. The second-order valence-corrected chi connectivity index (χ2v) is 3.15. The predicted octanol–water partition coefficient (Wildman–Crippen LogP) is 1.74. The number of likely N-dealkylation sites (N-methyl/N-ethyl adjacent to an activating group) is 1. The van der Waals surface area contributed by atoms with Gasteiger partial charge in [-0.3, -0.25) is 4.79 Å². The van der Waals surface area contributed by atoms with Crippen molar-refractivity contribution in [1.82, 2.24) is 5.32 Å². The van der Waals surface area contributed by atoms with Gasteiger partial charge in [0.25, 0.3) is 0 Å². The van der Waals surface area contributed by atoms with Gasteiger partial charge in [0.15, 0.2) is 0 Å². The zero-order valence-electron chi connectivity index (χ0n) is 8.97. The second kappa shape index (κ2) is 5.53. The molecule has 4 nitrogen and oxygen atoms in total. The van der Waals surface area contributed by atoms with Crippen LogP contribution in [0.4, 0.5) is 18.9 Å². The van der Waals surface area contributed by atoms with Crippen LogP contribution < -0.4 is 15.4 Å². The van der Waals surface area contributed by atoms with E-state index < -0.39 is 6.36 Å². The maximum Gasteiger partial charge on any atom is 0.573 e. The molecule has 94 valence electrons. The van der Waals surface area contributed by atoms with Crippen molar-refractivity contribution in [3.8, 4) is 5.75 Å². The van der Waals surface area contributed by atoms with Crippen LogP contribution in [0.3, 0.4) is 0 Å². The normalized spacial score (nSPS) is 11.1. The lowest BCUT2D eigenvalue weighted by atomic mass is 10.3. The van der Waals surface area contributed by atoms with Crippen LogP contribution in [0, 0.1) is 0 Å². The average Bonchev–Trinajstić information content (AvgIpc) is 2.15. The zero-order chi connectivity index (χ0) is 12.9. The Kier molecular flexibility index (Phi) is 4.33. The fourth-order valence-electron chi connectivity index (χ4n) is 1.14. The summed E-state index contributed by atoms with van der Waals surface area (Å²) in [5.41, 5.74) is 0.243. The monoisotopic (exact) mass is 248 g/mol. The summed E-state index contributed by atoms with van der Waals surface area (Å²) in [6.07, 6.45) is -4.74. The zero-order valence-corrected chi connectivity index (χ0v) is 8.97. The van der Waals surface area contributed by atoms with Crippen LogP contribution >= 0.6 is 0 Å². The van der Waals surface area contributed by atoms with Crippen LogP contribution in [0.1, 0.15) is 0 Å². The number of benzene rings is 1. The Morgan fingerprint density at radius 1 is 1.41 bits per heavy atom. The Labute approximate surface area is 95.8 Å². The first-order valence-electron chi connectivity index (χ1n) is 4.71. The number of hydrogen-bond donors (Lipinski definition) is 2. The molecule has 0 fully saturated rings. The lowest BCUT2D eigenvalue weighted by Crippen LogP contribution is -2.25. The van der Waals surface area contributed by atoms with Gasteiger partial charge in [0.1, 0.15) is 5.75 Å². The van der Waals surface area contributed by atoms with Crippen molar-refractivity contribution in [2.75, 3.05) is 18.9 Å². The summed E-state index contributed by atoms with van der Waals surface area (Å²) in [6.45, 7) is 0.0738. The predicted molar refractivity (Wildman–Crippen MR) is 55.7 cm³/mol. The third-order valence-corrected chi connectivity index (χ3v) is 1.69. The van der Waals surface area contributed by atoms with E-state index in [0.29, 0.717) is 0 Å². The molecule has 1 rings (SSSR count). The molecule has 0 radical (unpaired) electrons. The molecule has 17 heavy (non-hydrogen) atoms. The fourth-order valence-corrected chi connectivity index (χ4v) is 1.14. The van der Waals surface area contributed by atoms with Gasteiger partial charge in [-0.05, 0) is 19.2 Å². The van der Waals surface area contributed by atoms with Crippen molar-refractivity contribution < 1.29 is 22.7 Å². The number of nitrogens with one attached hydrogen (secondary N) is 2. The van der Waals surface area contributed by atoms with Crippen molar-refractivity contribution in [3.05, 3.63) is 24.3 Å². The highest BCUT2D eigenvalue weighted by Gasteiger charge is 2.31. The number of hydrogen-bond acceptors (Lipinski definition) is 3. The van der Waals surface area contributed by atoms with Crippen LogP contribution in [0.5, 0.6) is 5.75 Å². The minimum Gasteiger partial charge on any atom is -0.406 e. The van der Waals surface area contributed by atoms with Gasteiger partial charge in [0.2, 0.25) is 5.91 Å². The Morgan fingerprint density at radius 2 is 2.12 bits per heavy atom. The second-order valence-electron chi connectivity index (χ2n) is 3.15. The Hall–Kier alpha value is -1.76. The number of halogens is 3. The van der Waals surface area contributed by atoms with Gasteiger partial charge in [-0.1, -0.05) is 6.07 Å². The van der Waals surface area contributed by atoms with Crippen molar-refractivity contribution in [1.29, 1.82) is 0 Å². The lowest BCUT2D eigenvalue weighted by Gasteiger charge is -2.10. The van der Waals surface area contributed by atoms with Gasteiger partial charge in [-0.15, -0.1) is 13.2 Å². The fraction of sp³-hybridized carbons (Fsp3) is 0.300. The molecule has 0 spiro atoms. The van der Waals surface area contributed by atoms with Crippen LogP contribution in [0.15, 0.2) is 24.3 Å². The lowest BCUT2D eigenvalue weighted by molar-refractivity contribution is -0.274. The van der Waals surface area contributed by atoms with Gasteiger partial charge in [0.05, 0.1) is 6.54 Å². The molecule has 0 bridgehead atoms. The maximum atomic E-state index is 11.9. The molecule has 0 saturated heterocycles. The first-order valence-corrected chi connectivity index (χ1v) is 4.71. The summed E-state index contributed by atoms with van der Waals surface area (Å²) in [5, 5.41) is 5.04. The average molecular weight is 248 g/mol. The van der Waals surface area contributed by atoms with Gasteiger partial charge < -0.3 is 15.4 Å². The van der Waals surface area contributed by atoms with Gasteiger partial charge in [-0.2, -0.15) is 0 Å². The van der Waals surface area contributed by atoms with E-state index in [1.54, 1.807) is 7.05 Å². The number of alkyl halides is 3. The molecular weight excluding hydrogens is 237 g/mol. The van der Waals surface area contributed by atoms with Crippen molar-refractivity contribution in [3.63, 3.8) is 0 Å². The highest BCUT2D eigenvalue weighted by Crippen LogP contribution is 2.24. The topological polar surface area (TPSA) is 50.4 Å². The summed E-state index contributed by atoms with van der Waals surface area (Å²) < 4.78 is 39.5. The van der Waals surface area contributed by atoms with Gasteiger partial charge >= 0.3 is 6.36 Å². The highest BCUT2D eigenvalue weighted by atomic mass is 19.4. The van der Waals surface area contributed by atoms with E-state index in [2.05, 4.69) is 15.4 Å². The van der Waals surface area contributed by atoms with Gasteiger partial charge in [0, 0.05) is 11.8 Å². The smallest absolute Gasteiger partial charge is 0.406 e. The minimum atomic E-state index is -4.74. The summed E-state index contributed by atoms with van der Waals surface area (Å²) in [7, 11) is 1.59. The molecule has 0 aliphatic heterocycles. The molecule has 0 aliphatic rings. The molecule has 0 heterocycles. The van der Waals surface area contributed by atoms with E-state index in [1.807, 2.05) is 0 Å². The van der Waals surface area contributed by atoms with Crippen LogP contribution in [0.25, 0.3) is 0 Å². The molecule has 1 amide bonds. The SMILES string of the molecule is CNCC(=O)Nc1cccc(OC(F)(F)F)c1. The Morgan fingerprint density at radius 3 is 2.71 bits per heavy atom. The third-order valence-electron chi connectivity index (χ3n) is 1.69. The molecule has 2 N–H and O–H groups in total. The van der Waals surface area contributed by atoms with Crippen LogP contribution in [-0.2, 0) is 4.79 Å². The molecular formula is C10H11F3N2O2. The number of anilines is 1. The quantitative estimate of drug-likeness (QED) is 0.853. The highest BCUT2D eigenvalue weighted by molar-refractivity contribution is 5.92. The van der Waals surface area contributed by atoms with E-state index >= 15 is 0 Å². The van der Waals surface area contributed by atoms with E-state index in [4.69, 9.17) is 0 Å². The van der Waals surface area contributed by atoms with E-state index in [-0.39, 0.29) is 23.9 Å². The number of rotatable bonds is 4. The number of ether oxygens (including phenoxy) is 1. The standard InChI is InChI=1S/C10H11F3N2O2/c1-14-6-9(16)15-7-3-2-4-8(5-7)17-10(11,12)13/h2-5,14H,6H2,1H3,(H,15,16). The first kappa shape index (κ1) is 13.3. The van der Waals surface area contributed by atoms with E-state index in [9.17, 15) is 18.0 Å². The molecule has 0 aliphatic carbocycles. The number of carbonyl (C=O) groups excluding carboxylic acids is 1. The Bertz CT molecular complexity index is 393. The van der Waals surface area contributed by atoms with Crippen molar-refractivity contribution in [2.24, 2.45) is 0 Å². The van der Waals surface area contributed by atoms with E-state index in [0.717, 1.165) is 12.1 Å². The summed E-state index contributed by atoms with van der Waals surface area (Å²) in [6, 6.07) is 5.08. The van der Waals surface area contributed by atoms with Crippen LogP contribution in [0.2, 0.25) is 0 Å². The molecule has 1 aromatic rings. The van der Waals surface area contributed by atoms with Crippen molar-refractivity contribution in [2.45, 2.75) is 6.36 Å². The molecule has 0 saturated carbocycles. The summed E-state index contributed by atoms with van der Waals surface area (Å²) in [5.74, 6) is -0.726. The first-order chi connectivity index (χ1) is 7.90. The minimum absolute atomic E-state index is 0.0738. The molecule has 0 aromatic heterocycles. The largest absolute Gasteiger partial charge is 0.573 e. The molecule has 0 atom stereocenters. The van der Waals surface area contributed by atoms with Crippen molar-refractivity contribution >= 4 is 11.6 Å². The maximum absolute atomic E-state index is 11.9. The number of amides is 1.